The summed E-state index contributed by atoms with van der Waals surface area (Å²) in [4.78, 5) is 5.62. The molecule has 0 spiro atoms. The lowest BCUT2D eigenvalue weighted by Crippen LogP contribution is -2.13. The smallest absolute Gasteiger partial charge is 0.0946 e. The van der Waals surface area contributed by atoms with Crippen LogP contribution in [0.15, 0.2) is 60.8 Å². The van der Waals surface area contributed by atoms with Crippen molar-refractivity contribution in [2.75, 3.05) is 0 Å². The van der Waals surface area contributed by atoms with Crippen LogP contribution in [-0.2, 0) is 6.42 Å². The van der Waals surface area contributed by atoms with Crippen LogP contribution in [0.3, 0.4) is 0 Å². The van der Waals surface area contributed by atoms with Crippen molar-refractivity contribution in [3.63, 3.8) is 0 Å². The molecule has 1 unspecified atom stereocenters. The van der Waals surface area contributed by atoms with Gasteiger partial charge in [0.25, 0.3) is 0 Å². The molecule has 0 aliphatic rings. The summed E-state index contributed by atoms with van der Waals surface area (Å²) in [5, 5.41) is 1.10. The van der Waals surface area contributed by atoms with Gasteiger partial charge in [-0.2, -0.15) is 0 Å². The fraction of sp³-hybridized carbons (Fsp3) is 0.167. The predicted octanol–water partition coefficient (Wildman–Crippen LogP) is 4.36. The van der Waals surface area contributed by atoms with Crippen LogP contribution in [0.25, 0.3) is 11.1 Å². The summed E-state index contributed by atoms with van der Waals surface area (Å²) >= 11 is 1.72. The Labute approximate surface area is 129 Å². The van der Waals surface area contributed by atoms with Gasteiger partial charge in [0.15, 0.2) is 0 Å². The lowest BCUT2D eigenvalue weighted by molar-refractivity contribution is 0.718. The van der Waals surface area contributed by atoms with Gasteiger partial charge in [-0.3, -0.25) is 0 Å². The Balaban J connectivity index is 1.74. The standard InChI is InChI=1S/C18H18N2S/c1-13-12-20-18(21-13)11-17(19)16-9-7-15(8-10-16)14-5-3-2-4-6-14/h2-10,12,17H,11,19H2,1H3. The number of aromatic nitrogens is 1. The highest BCUT2D eigenvalue weighted by atomic mass is 32.1. The molecule has 0 aliphatic carbocycles. The van der Waals surface area contributed by atoms with Crippen molar-refractivity contribution in [1.29, 1.82) is 0 Å². The maximum atomic E-state index is 6.29. The van der Waals surface area contributed by atoms with Crippen LogP contribution >= 0.6 is 11.3 Å². The number of hydrogen-bond acceptors (Lipinski definition) is 3. The first-order valence-corrected chi connectivity index (χ1v) is 7.86. The second-order valence-corrected chi connectivity index (χ2v) is 6.48. The molecule has 3 heteroatoms. The van der Waals surface area contributed by atoms with Gasteiger partial charge in [0.2, 0.25) is 0 Å². The van der Waals surface area contributed by atoms with Crippen LogP contribution in [0.1, 0.15) is 21.5 Å². The van der Waals surface area contributed by atoms with E-state index in [4.69, 9.17) is 5.73 Å². The van der Waals surface area contributed by atoms with E-state index in [9.17, 15) is 0 Å². The zero-order valence-electron chi connectivity index (χ0n) is 12.0. The topological polar surface area (TPSA) is 38.9 Å². The number of aryl methyl sites for hydroxylation is 1. The van der Waals surface area contributed by atoms with E-state index in [2.05, 4.69) is 60.4 Å². The summed E-state index contributed by atoms with van der Waals surface area (Å²) in [6, 6.07) is 18.9. The van der Waals surface area contributed by atoms with Gasteiger partial charge >= 0.3 is 0 Å². The number of hydrogen-bond donors (Lipinski definition) is 1. The van der Waals surface area contributed by atoms with Crippen LogP contribution in [-0.4, -0.2) is 4.98 Å². The normalized spacial score (nSPS) is 12.3. The van der Waals surface area contributed by atoms with Crippen molar-refractivity contribution >= 4 is 11.3 Å². The maximum Gasteiger partial charge on any atom is 0.0946 e. The molecule has 0 amide bonds. The number of nitrogens with zero attached hydrogens (tertiary/aromatic N) is 1. The van der Waals surface area contributed by atoms with Crippen LogP contribution in [0.5, 0.6) is 0 Å². The average molecular weight is 294 g/mol. The van der Waals surface area contributed by atoms with E-state index in [-0.39, 0.29) is 6.04 Å². The Kier molecular flexibility index (Phi) is 4.13. The molecule has 3 rings (SSSR count). The highest BCUT2D eigenvalue weighted by Gasteiger charge is 2.09. The van der Waals surface area contributed by atoms with Gasteiger partial charge in [-0.25, -0.2) is 4.98 Å². The Morgan fingerprint density at radius 1 is 1.00 bits per heavy atom. The third-order valence-corrected chi connectivity index (χ3v) is 4.44. The second-order valence-electron chi connectivity index (χ2n) is 5.16. The summed E-state index contributed by atoms with van der Waals surface area (Å²) in [5.74, 6) is 0. The van der Waals surface area contributed by atoms with Crippen molar-refractivity contribution in [2.24, 2.45) is 5.73 Å². The van der Waals surface area contributed by atoms with E-state index in [1.165, 1.54) is 16.0 Å². The minimum Gasteiger partial charge on any atom is -0.324 e. The van der Waals surface area contributed by atoms with Crippen molar-refractivity contribution in [2.45, 2.75) is 19.4 Å². The van der Waals surface area contributed by atoms with E-state index in [0.717, 1.165) is 17.0 Å². The fourth-order valence-corrected chi connectivity index (χ4v) is 3.20. The van der Waals surface area contributed by atoms with Crippen LogP contribution in [0.4, 0.5) is 0 Å². The lowest BCUT2D eigenvalue weighted by atomic mass is 10.00. The number of thiazole rings is 1. The molecule has 1 aromatic heterocycles. The molecule has 0 aliphatic heterocycles. The molecular weight excluding hydrogens is 276 g/mol. The molecule has 1 heterocycles. The third-order valence-electron chi connectivity index (χ3n) is 3.51. The zero-order chi connectivity index (χ0) is 14.7. The van der Waals surface area contributed by atoms with Crippen LogP contribution in [0, 0.1) is 6.92 Å². The van der Waals surface area contributed by atoms with Gasteiger partial charge in [-0.15, -0.1) is 11.3 Å². The highest BCUT2D eigenvalue weighted by Crippen LogP contribution is 2.23. The Hall–Kier alpha value is -1.97. The lowest BCUT2D eigenvalue weighted by Gasteiger charge is -2.11. The monoisotopic (exact) mass is 294 g/mol. The van der Waals surface area contributed by atoms with Crippen molar-refractivity contribution in [1.82, 2.24) is 4.98 Å². The Bertz CT molecular complexity index is 702. The quantitative estimate of drug-likeness (QED) is 0.776. The summed E-state index contributed by atoms with van der Waals surface area (Å²) in [6.07, 6.45) is 2.70. The van der Waals surface area contributed by atoms with E-state index in [0.29, 0.717) is 0 Å². The molecule has 0 fully saturated rings. The number of nitrogens with two attached hydrogens (primary N) is 1. The first-order valence-electron chi connectivity index (χ1n) is 7.04. The summed E-state index contributed by atoms with van der Waals surface area (Å²) in [7, 11) is 0. The molecule has 2 N–H and O–H groups in total. The van der Waals surface area contributed by atoms with Crippen molar-refractivity contribution in [3.8, 4) is 11.1 Å². The first kappa shape index (κ1) is 14.0. The van der Waals surface area contributed by atoms with Crippen LogP contribution < -0.4 is 5.73 Å². The van der Waals surface area contributed by atoms with E-state index in [1.807, 2.05) is 12.3 Å². The van der Waals surface area contributed by atoms with Gasteiger partial charge in [-0.05, 0) is 23.6 Å². The third kappa shape index (κ3) is 3.38. The molecule has 1 atom stereocenters. The second kappa shape index (κ2) is 6.20. The van der Waals surface area contributed by atoms with Crippen molar-refractivity contribution < 1.29 is 0 Å². The molecule has 0 saturated carbocycles. The molecule has 2 nitrogen and oxygen atoms in total. The van der Waals surface area contributed by atoms with Gasteiger partial charge in [0.1, 0.15) is 0 Å². The first-order chi connectivity index (χ1) is 10.2. The largest absolute Gasteiger partial charge is 0.324 e. The number of rotatable bonds is 4. The molecule has 2 aromatic carbocycles. The van der Waals surface area contributed by atoms with Crippen molar-refractivity contribution in [3.05, 3.63) is 76.2 Å². The minimum atomic E-state index is 0.000346. The summed E-state index contributed by atoms with van der Waals surface area (Å²) < 4.78 is 0. The molecule has 0 saturated heterocycles. The fourth-order valence-electron chi connectivity index (χ4n) is 2.36. The summed E-state index contributed by atoms with van der Waals surface area (Å²) in [5.41, 5.74) is 9.90. The molecule has 106 valence electrons. The molecule has 0 radical (unpaired) electrons. The zero-order valence-corrected chi connectivity index (χ0v) is 12.8. The maximum absolute atomic E-state index is 6.29. The molecule has 3 aromatic rings. The summed E-state index contributed by atoms with van der Waals surface area (Å²) in [6.45, 7) is 2.07. The molecule has 0 bridgehead atoms. The highest BCUT2D eigenvalue weighted by molar-refractivity contribution is 7.11. The molecular formula is C18H18N2S. The van der Waals surface area contributed by atoms with Gasteiger partial charge in [0.05, 0.1) is 5.01 Å². The Morgan fingerprint density at radius 3 is 2.29 bits per heavy atom. The molecule has 21 heavy (non-hydrogen) atoms. The van der Waals surface area contributed by atoms with Crippen LogP contribution in [0.2, 0.25) is 0 Å². The Morgan fingerprint density at radius 2 is 1.67 bits per heavy atom. The van der Waals surface area contributed by atoms with Gasteiger partial charge in [-0.1, -0.05) is 54.6 Å². The van der Waals surface area contributed by atoms with Gasteiger partial charge < -0.3 is 5.73 Å². The minimum absolute atomic E-state index is 0.000346. The van der Waals surface area contributed by atoms with Gasteiger partial charge in [0, 0.05) is 23.5 Å². The van der Waals surface area contributed by atoms with E-state index in [1.54, 1.807) is 11.3 Å². The average Bonchev–Trinajstić information content (AvgIpc) is 2.93. The van der Waals surface area contributed by atoms with E-state index >= 15 is 0 Å². The van der Waals surface area contributed by atoms with E-state index < -0.39 is 0 Å². The predicted molar refractivity (Wildman–Crippen MR) is 89.4 cm³/mol. The number of benzene rings is 2. The SMILES string of the molecule is Cc1cnc(CC(N)c2ccc(-c3ccccc3)cc2)s1.